The third-order valence-electron chi connectivity index (χ3n) is 4.13. The quantitative estimate of drug-likeness (QED) is 0.856. The van der Waals surface area contributed by atoms with Crippen molar-refractivity contribution >= 4 is 5.97 Å². The van der Waals surface area contributed by atoms with Crippen LogP contribution in [0.25, 0.3) is 0 Å². The number of aliphatic carboxylic acids is 1. The average molecular weight is 251 g/mol. The molecule has 1 unspecified atom stereocenters. The molecular weight excluding hydrogens is 230 g/mol. The molecule has 1 aliphatic rings. The van der Waals surface area contributed by atoms with E-state index in [2.05, 4.69) is 9.88 Å². The molecule has 0 bridgehead atoms. The molecule has 18 heavy (non-hydrogen) atoms. The Morgan fingerprint density at radius 1 is 1.61 bits per heavy atom. The molecule has 2 rings (SSSR count). The van der Waals surface area contributed by atoms with Crippen molar-refractivity contribution < 1.29 is 9.90 Å². The molecule has 1 fully saturated rings. The van der Waals surface area contributed by atoms with Crippen LogP contribution in [0.3, 0.4) is 0 Å². The lowest BCUT2D eigenvalue weighted by Gasteiger charge is -2.33. The second-order valence-corrected chi connectivity index (χ2v) is 4.99. The highest BCUT2D eigenvalue weighted by Crippen LogP contribution is 2.32. The van der Waals surface area contributed by atoms with Gasteiger partial charge in [0.05, 0.1) is 0 Å². The number of nitrogens with zero attached hydrogens (tertiary/aromatic N) is 3. The minimum atomic E-state index is -0.678. The first-order chi connectivity index (χ1) is 8.60. The Hall–Kier alpha value is -1.36. The van der Waals surface area contributed by atoms with Crippen LogP contribution in [0, 0.1) is 0 Å². The van der Waals surface area contributed by atoms with Gasteiger partial charge in [0.1, 0.15) is 11.4 Å². The minimum absolute atomic E-state index is 0.648. The van der Waals surface area contributed by atoms with Crippen molar-refractivity contribution in [3.8, 4) is 0 Å². The van der Waals surface area contributed by atoms with Crippen LogP contribution in [0.5, 0.6) is 0 Å². The first kappa shape index (κ1) is 13.1. The van der Waals surface area contributed by atoms with E-state index in [1.807, 2.05) is 24.7 Å². The molecule has 0 aromatic carbocycles. The number of hydrogen-bond donors (Lipinski definition) is 1. The number of carboxylic acid groups (broad SMARTS) is 1. The second kappa shape index (κ2) is 5.10. The summed E-state index contributed by atoms with van der Waals surface area (Å²) in [6.07, 6.45) is 6.91. The van der Waals surface area contributed by atoms with Crippen molar-refractivity contribution in [3.63, 3.8) is 0 Å². The number of carbonyl (C=O) groups is 1. The molecule has 1 atom stereocenters. The van der Waals surface area contributed by atoms with Gasteiger partial charge < -0.3 is 9.67 Å². The van der Waals surface area contributed by atoms with Gasteiger partial charge in [0.15, 0.2) is 0 Å². The molecule has 1 aliphatic heterocycles. The molecule has 0 spiro atoms. The third-order valence-corrected chi connectivity index (χ3v) is 4.13. The fourth-order valence-corrected chi connectivity index (χ4v) is 2.93. The Morgan fingerprint density at radius 3 is 2.94 bits per heavy atom. The van der Waals surface area contributed by atoms with E-state index in [1.165, 1.54) is 0 Å². The van der Waals surface area contributed by atoms with Gasteiger partial charge in [0.25, 0.3) is 0 Å². The molecule has 2 heterocycles. The lowest BCUT2D eigenvalue weighted by Crippen LogP contribution is -2.50. The number of carboxylic acids is 1. The largest absolute Gasteiger partial charge is 0.480 e. The Bertz CT molecular complexity index is 430. The Kier molecular flexibility index (Phi) is 3.71. The number of rotatable bonds is 5. The second-order valence-electron chi connectivity index (χ2n) is 4.99. The molecule has 0 amide bonds. The van der Waals surface area contributed by atoms with Crippen LogP contribution in [0.2, 0.25) is 0 Å². The highest BCUT2D eigenvalue weighted by atomic mass is 16.4. The van der Waals surface area contributed by atoms with Gasteiger partial charge >= 0.3 is 5.97 Å². The van der Waals surface area contributed by atoms with Gasteiger partial charge in [-0.2, -0.15) is 0 Å². The fourth-order valence-electron chi connectivity index (χ4n) is 2.93. The minimum Gasteiger partial charge on any atom is -0.480 e. The SMILES string of the molecule is CCC1(C(=O)O)CCCN1CCc1nccn1C. The lowest BCUT2D eigenvalue weighted by molar-refractivity contribution is -0.150. The van der Waals surface area contributed by atoms with E-state index in [9.17, 15) is 9.90 Å². The predicted octanol–water partition coefficient (Wildman–Crippen LogP) is 1.29. The van der Waals surface area contributed by atoms with Crippen molar-refractivity contribution in [1.82, 2.24) is 14.5 Å². The molecule has 5 heteroatoms. The topological polar surface area (TPSA) is 58.4 Å². The van der Waals surface area contributed by atoms with Crippen LogP contribution >= 0.6 is 0 Å². The first-order valence-electron chi connectivity index (χ1n) is 6.55. The highest BCUT2D eigenvalue weighted by Gasteiger charge is 2.45. The monoisotopic (exact) mass is 251 g/mol. The number of aryl methyl sites for hydroxylation is 1. The maximum Gasteiger partial charge on any atom is 0.324 e. The van der Waals surface area contributed by atoms with Crippen molar-refractivity contribution in [3.05, 3.63) is 18.2 Å². The molecule has 1 aromatic heterocycles. The third kappa shape index (κ3) is 2.14. The molecule has 100 valence electrons. The summed E-state index contributed by atoms with van der Waals surface area (Å²) in [5.41, 5.74) is -0.648. The van der Waals surface area contributed by atoms with E-state index in [0.29, 0.717) is 6.42 Å². The van der Waals surface area contributed by atoms with E-state index in [-0.39, 0.29) is 0 Å². The van der Waals surface area contributed by atoms with Crippen LogP contribution in [-0.2, 0) is 18.3 Å². The summed E-state index contributed by atoms with van der Waals surface area (Å²) in [7, 11) is 1.97. The van der Waals surface area contributed by atoms with Crippen molar-refractivity contribution in [2.75, 3.05) is 13.1 Å². The zero-order chi connectivity index (χ0) is 13.2. The Morgan fingerprint density at radius 2 is 2.39 bits per heavy atom. The van der Waals surface area contributed by atoms with Crippen LogP contribution in [0.4, 0.5) is 0 Å². The molecule has 0 radical (unpaired) electrons. The van der Waals surface area contributed by atoms with E-state index < -0.39 is 11.5 Å². The number of imidazole rings is 1. The van der Waals surface area contributed by atoms with Crippen LogP contribution < -0.4 is 0 Å². The molecule has 1 saturated heterocycles. The molecule has 0 saturated carbocycles. The average Bonchev–Trinajstić information content (AvgIpc) is 2.93. The predicted molar refractivity (Wildman–Crippen MR) is 68.4 cm³/mol. The molecule has 0 aliphatic carbocycles. The maximum absolute atomic E-state index is 11.5. The zero-order valence-corrected chi connectivity index (χ0v) is 11.1. The molecular formula is C13H21N3O2. The lowest BCUT2D eigenvalue weighted by atomic mass is 9.93. The number of aromatic nitrogens is 2. The van der Waals surface area contributed by atoms with Crippen LogP contribution in [-0.4, -0.2) is 44.2 Å². The van der Waals surface area contributed by atoms with E-state index in [1.54, 1.807) is 6.20 Å². The smallest absolute Gasteiger partial charge is 0.324 e. The van der Waals surface area contributed by atoms with Gasteiger partial charge in [0, 0.05) is 32.4 Å². The van der Waals surface area contributed by atoms with E-state index in [0.717, 1.165) is 38.2 Å². The van der Waals surface area contributed by atoms with Crippen LogP contribution in [0.15, 0.2) is 12.4 Å². The van der Waals surface area contributed by atoms with Crippen molar-refractivity contribution in [2.24, 2.45) is 7.05 Å². The highest BCUT2D eigenvalue weighted by molar-refractivity contribution is 5.79. The van der Waals surface area contributed by atoms with Crippen molar-refractivity contribution in [1.29, 1.82) is 0 Å². The number of hydrogen-bond acceptors (Lipinski definition) is 3. The van der Waals surface area contributed by atoms with Gasteiger partial charge in [-0.1, -0.05) is 6.92 Å². The Balaban J connectivity index is 2.04. The summed E-state index contributed by atoms with van der Waals surface area (Å²) < 4.78 is 1.99. The first-order valence-corrected chi connectivity index (χ1v) is 6.55. The summed E-state index contributed by atoms with van der Waals surface area (Å²) in [6, 6.07) is 0. The molecule has 5 nitrogen and oxygen atoms in total. The zero-order valence-electron chi connectivity index (χ0n) is 11.1. The van der Waals surface area contributed by atoms with Gasteiger partial charge in [-0.25, -0.2) is 4.98 Å². The van der Waals surface area contributed by atoms with Gasteiger partial charge in [0.2, 0.25) is 0 Å². The van der Waals surface area contributed by atoms with E-state index in [4.69, 9.17) is 0 Å². The summed E-state index contributed by atoms with van der Waals surface area (Å²) >= 11 is 0. The normalized spacial score (nSPS) is 24.6. The van der Waals surface area contributed by atoms with Gasteiger partial charge in [-0.15, -0.1) is 0 Å². The fraction of sp³-hybridized carbons (Fsp3) is 0.692. The van der Waals surface area contributed by atoms with Crippen LogP contribution in [0.1, 0.15) is 32.0 Å². The summed E-state index contributed by atoms with van der Waals surface area (Å²) in [4.78, 5) is 17.9. The molecule has 1 aromatic rings. The van der Waals surface area contributed by atoms with E-state index >= 15 is 0 Å². The van der Waals surface area contributed by atoms with Gasteiger partial charge in [-0.05, 0) is 25.8 Å². The standard InChI is InChI=1S/C13H21N3O2/c1-3-13(12(17)18)6-4-8-16(13)9-5-11-14-7-10-15(11)2/h7,10H,3-6,8-9H2,1-2H3,(H,17,18). The summed E-state index contributed by atoms with van der Waals surface area (Å²) in [6.45, 7) is 3.61. The maximum atomic E-state index is 11.5. The van der Waals surface area contributed by atoms with Gasteiger partial charge in [-0.3, -0.25) is 9.69 Å². The van der Waals surface area contributed by atoms with Crippen molar-refractivity contribution in [2.45, 2.75) is 38.1 Å². The molecule has 1 N–H and O–H groups in total. The number of likely N-dealkylation sites (tertiary alicyclic amines) is 1. The summed E-state index contributed by atoms with van der Waals surface area (Å²) in [5.74, 6) is 0.333. The summed E-state index contributed by atoms with van der Waals surface area (Å²) in [5, 5.41) is 9.48. The Labute approximate surface area is 107 Å².